The number of ether oxygens (including phenoxy) is 1. The van der Waals surface area contributed by atoms with Crippen LogP contribution >= 0.6 is 0 Å². The molecule has 3 heterocycles. The molecule has 0 aliphatic carbocycles. The van der Waals surface area contributed by atoms with Gasteiger partial charge in [-0.2, -0.15) is 20.6 Å². The fraction of sp³-hybridized carbons (Fsp3) is 0.417. The number of nitrogens with zero attached hydrogens (tertiary/aromatic N) is 6. The summed E-state index contributed by atoms with van der Waals surface area (Å²) in [4.78, 5) is 10.9. The van der Waals surface area contributed by atoms with Gasteiger partial charge in [-0.25, -0.2) is 4.98 Å². The van der Waals surface area contributed by atoms with Gasteiger partial charge >= 0.3 is 0 Å². The molecule has 0 amide bonds. The van der Waals surface area contributed by atoms with Crippen LogP contribution in [0.25, 0.3) is 11.4 Å². The van der Waals surface area contributed by atoms with Gasteiger partial charge < -0.3 is 9.64 Å². The van der Waals surface area contributed by atoms with Crippen molar-refractivity contribution in [2.75, 3.05) is 25.1 Å². The van der Waals surface area contributed by atoms with E-state index in [2.05, 4.69) is 30.3 Å². The number of aromatic nitrogens is 5. The second kappa shape index (κ2) is 5.13. The van der Waals surface area contributed by atoms with Crippen molar-refractivity contribution in [3.8, 4) is 23.3 Å². The summed E-state index contributed by atoms with van der Waals surface area (Å²) in [5, 5.41) is 19.2. The summed E-state index contributed by atoms with van der Waals surface area (Å²) >= 11 is 0. The molecule has 0 saturated carbocycles. The van der Waals surface area contributed by atoms with Crippen LogP contribution in [0.4, 0.5) is 5.95 Å². The molecular weight excluding hydrogens is 258 g/mol. The predicted octanol–water partition coefficient (Wildman–Crippen LogP) is 0.742. The number of anilines is 1. The van der Waals surface area contributed by atoms with Crippen molar-refractivity contribution >= 4 is 5.95 Å². The minimum Gasteiger partial charge on any atom is -0.481 e. The monoisotopic (exact) mass is 271 g/mol. The molecule has 102 valence electrons. The van der Waals surface area contributed by atoms with Crippen LogP contribution in [0.3, 0.4) is 0 Å². The number of aromatic amines is 1. The van der Waals surface area contributed by atoms with Gasteiger partial charge in [-0.3, -0.25) is 0 Å². The van der Waals surface area contributed by atoms with Crippen LogP contribution in [-0.2, 0) is 0 Å². The Kier molecular flexibility index (Phi) is 3.16. The zero-order chi connectivity index (χ0) is 13.9. The number of rotatable bonds is 3. The molecule has 20 heavy (non-hydrogen) atoms. The lowest BCUT2D eigenvalue weighted by atomic mass is 10.2. The maximum absolute atomic E-state index is 9.02. The average molecular weight is 271 g/mol. The Balaban J connectivity index is 2.06. The second-order valence-electron chi connectivity index (χ2n) is 4.42. The van der Waals surface area contributed by atoms with E-state index in [1.165, 1.54) is 0 Å². The van der Waals surface area contributed by atoms with Crippen LogP contribution in [0.15, 0.2) is 6.07 Å². The van der Waals surface area contributed by atoms with Crippen molar-refractivity contribution < 1.29 is 4.74 Å². The van der Waals surface area contributed by atoms with Gasteiger partial charge in [-0.1, -0.05) is 0 Å². The average Bonchev–Trinajstić information content (AvgIpc) is 3.17. The minimum atomic E-state index is 0.207. The number of hydrogen-bond donors (Lipinski definition) is 1. The first-order valence-electron chi connectivity index (χ1n) is 6.31. The van der Waals surface area contributed by atoms with E-state index in [9.17, 15) is 0 Å². The predicted molar refractivity (Wildman–Crippen MR) is 70.1 cm³/mol. The van der Waals surface area contributed by atoms with Crippen LogP contribution in [-0.4, -0.2) is 45.6 Å². The molecule has 8 nitrogen and oxygen atoms in total. The van der Waals surface area contributed by atoms with E-state index in [1.54, 1.807) is 13.2 Å². The molecule has 3 rings (SSSR count). The van der Waals surface area contributed by atoms with Gasteiger partial charge in [0.25, 0.3) is 0 Å². The van der Waals surface area contributed by atoms with Gasteiger partial charge in [0.15, 0.2) is 5.69 Å². The molecule has 1 N–H and O–H groups in total. The van der Waals surface area contributed by atoms with Crippen LogP contribution in [0.2, 0.25) is 0 Å². The van der Waals surface area contributed by atoms with E-state index in [0.717, 1.165) is 25.9 Å². The highest BCUT2D eigenvalue weighted by molar-refractivity contribution is 5.62. The van der Waals surface area contributed by atoms with Gasteiger partial charge in [0, 0.05) is 19.2 Å². The molecule has 0 unspecified atom stereocenters. The van der Waals surface area contributed by atoms with E-state index in [4.69, 9.17) is 10.00 Å². The lowest BCUT2D eigenvalue weighted by Gasteiger charge is -2.16. The smallest absolute Gasteiger partial charge is 0.229 e. The Bertz CT molecular complexity index is 654. The first kappa shape index (κ1) is 12.3. The van der Waals surface area contributed by atoms with E-state index in [-0.39, 0.29) is 5.69 Å². The molecule has 0 atom stereocenters. The number of hydrogen-bond acceptors (Lipinski definition) is 7. The van der Waals surface area contributed by atoms with E-state index in [1.807, 2.05) is 6.07 Å². The topological polar surface area (TPSA) is 104 Å². The molecule has 1 aliphatic heterocycles. The van der Waals surface area contributed by atoms with Crippen LogP contribution in [0.5, 0.6) is 5.88 Å². The lowest BCUT2D eigenvalue weighted by molar-refractivity contribution is 0.397. The third-order valence-corrected chi connectivity index (χ3v) is 3.19. The highest BCUT2D eigenvalue weighted by Crippen LogP contribution is 2.25. The Morgan fingerprint density at radius 2 is 2.10 bits per heavy atom. The summed E-state index contributed by atoms with van der Waals surface area (Å²) in [6.07, 6.45) is 2.26. The van der Waals surface area contributed by atoms with Crippen molar-refractivity contribution in [1.29, 1.82) is 5.26 Å². The van der Waals surface area contributed by atoms with Crippen molar-refractivity contribution in [2.45, 2.75) is 12.8 Å². The van der Waals surface area contributed by atoms with Crippen molar-refractivity contribution in [3.63, 3.8) is 0 Å². The molecule has 0 radical (unpaired) electrons. The summed E-state index contributed by atoms with van der Waals surface area (Å²) in [5.41, 5.74) is 1.15. The first-order chi connectivity index (χ1) is 9.81. The third kappa shape index (κ3) is 2.14. The van der Waals surface area contributed by atoms with Gasteiger partial charge in [0.2, 0.25) is 11.8 Å². The Morgan fingerprint density at radius 1 is 1.30 bits per heavy atom. The van der Waals surface area contributed by atoms with Crippen LogP contribution in [0.1, 0.15) is 18.5 Å². The summed E-state index contributed by atoms with van der Waals surface area (Å²) < 4.78 is 5.21. The lowest BCUT2D eigenvalue weighted by Crippen LogP contribution is -2.20. The summed E-state index contributed by atoms with van der Waals surface area (Å²) in [6, 6.07) is 3.63. The summed E-state index contributed by atoms with van der Waals surface area (Å²) in [5.74, 6) is 1.05. The maximum Gasteiger partial charge on any atom is 0.229 e. The molecule has 0 aromatic carbocycles. The van der Waals surface area contributed by atoms with E-state index in [0.29, 0.717) is 23.2 Å². The molecule has 2 aromatic rings. The first-order valence-corrected chi connectivity index (χ1v) is 6.31. The zero-order valence-electron chi connectivity index (χ0n) is 11.0. The van der Waals surface area contributed by atoms with E-state index < -0.39 is 0 Å². The number of nitrogens with one attached hydrogen (secondary N) is 1. The summed E-state index contributed by atoms with van der Waals surface area (Å²) in [6.45, 7) is 1.85. The SMILES string of the molecule is COc1cc(-c2n[nH]nc2C#N)nc(N2CCCC2)n1. The Hall–Kier alpha value is -2.69. The Morgan fingerprint density at radius 3 is 2.80 bits per heavy atom. The van der Waals surface area contributed by atoms with Gasteiger partial charge in [0.05, 0.1) is 7.11 Å². The Labute approximate surface area is 115 Å². The van der Waals surface area contributed by atoms with Crippen molar-refractivity contribution in [1.82, 2.24) is 25.4 Å². The van der Waals surface area contributed by atoms with Gasteiger partial charge in [-0.05, 0) is 12.8 Å². The molecule has 0 bridgehead atoms. The van der Waals surface area contributed by atoms with Crippen LogP contribution in [0, 0.1) is 11.3 Å². The highest BCUT2D eigenvalue weighted by atomic mass is 16.5. The quantitative estimate of drug-likeness (QED) is 0.878. The fourth-order valence-electron chi connectivity index (χ4n) is 2.18. The molecular formula is C12H13N7O. The normalized spacial score (nSPS) is 14.3. The molecule has 0 spiro atoms. The molecule has 8 heteroatoms. The van der Waals surface area contributed by atoms with Crippen molar-refractivity contribution in [2.24, 2.45) is 0 Å². The number of methoxy groups -OCH3 is 1. The molecule has 1 fully saturated rings. The zero-order valence-corrected chi connectivity index (χ0v) is 11.0. The number of H-pyrrole nitrogens is 1. The third-order valence-electron chi connectivity index (χ3n) is 3.19. The number of nitriles is 1. The standard InChI is InChI=1S/C12H13N7O/c1-20-10-6-8(11-9(7-13)16-18-17-11)14-12(15-10)19-4-2-3-5-19/h6H,2-5H2,1H3,(H,16,17,18). The minimum absolute atomic E-state index is 0.207. The van der Waals surface area contributed by atoms with E-state index >= 15 is 0 Å². The molecule has 1 saturated heterocycles. The largest absolute Gasteiger partial charge is 0.481 e. The molecule has 2 aromatic heterocycles. The maximum atomic E-state index is 9.02. The summed E-state index contributed by atoms with van der Waals surface area (Å²) in [7, 11) is 1.55. The second-order valence-corrected chi connectivity index (χ2v) is 4.42. The van der Waals surface area contributed by atoms with Crippen molar-refractivity contribution in [3.05, 3.63) is 11.8 Å². The van der Waals surface area contributed by atoms with Crippen LogP contribution < -0.4 is 9.64 Å². The highest BCUT2D eigenvalue weighted by Gasteiger charge is 2.19. The fourth-order valence-corrected chi connectivity index (χ4v) is 2.18. The molecule has 1 aliphatic rings. The van der Waals surface area contributed by atoms with Gasteiger partial charge in [0.1, 0.15) is 17.5 Å². The van der Waals surface area contributed by atoms with Gasteiger partial charge in [-0.15, -0.1) is 5.10 Å².